The molecule has 132 valence electrons. The molecule has 1 amide bonds. The maximum absolute atomic E-state index is 11.9. The minimum Gasteiger partial charge on any atom is -0.346 e. The SMILES string of the molecule is C=CC(=O)N1CCC[C@H](Cc2cnc3[nH]cc(-c4cccnc4)c3c2)C1. The van der Waals surface area contributed by atoms with E-state index >= 15 is 0 Å². The number of aromatic nitrogens is 3. The van der Waals surface area contributed by atoms with Crippen molar-refractivity contribution in [2.75, 3.05) is 13.1 Å². The van der Waals surface area contributed by atoms with Crippen LogP contribution in [0.25, 0.3) is 22.2 Å². The summed E-state index contributed by atoms with van der Waals surface area (Å²) in [7, 11) is 0. The molecule has 4 heterocycles. The molecule has 1 atom stereocenters. The highest BCUT2D eigenvalue weighted by atomic mass is 16.2. The van der Waals surface area contributed by atoms with Gasteiger partial charge in [-0.15, -0.1) is 0 Å². The number of fused-ring (bicyclic) bond motifs is 1. The number of hydrogen-bond acceptors (Lipinski definition) is 3. The Labute approximate surface area is 152 Å². The molecule has 0 spiro atoms. The van der Waals surface area contributed by atoms with Crippen LogP contribution in [0.3, 0.4) is 0 Å². The lowest BCUT2D eigenvalue weighted by Crippen LogP contribution is -2.39. The zero-order valence-corrected chi connectivity index (χ0v) is 14.7. The third kappa shape index (κ3) is 3.25. The second-order valence-electron chi connectivity index (χ2n) is 6.88. The molecule has 0 radical (unpaired) electrons. The molecule has 3 aromatic rings. The zero-order chi connectivity index (χ0) is 17.9. The number of amides is 1. The highest BCUT2D eigenvalue weighted by molar-refractivity contribution is 5.93. The van der Waals surface area contributed by atoms with Gasteiger partial charge in [-0.3, -0.25) is 9.78 Å². The molecule has 0 aromatic carbocycles. The van der Waals surface area contributed by atoms with E-state index in [9.17, 15) is 4.79 Å². The number of carbonyl (C=O) groups excluding carboxylic acids is 1. The largest absolute Gasteiger partial charge is 0.346 e. The van der Waals surface area contributed by atoms with E-state index in [4.69, 9.17) is 0 Å². The van der Waals surface area contributed by atoms with Crippen molar-refractivity contribution >= 4 is 16.9 Å². The summed E-state index contributed by atoms with van der Waals surface area (Å²) in [6, 6.07) is 6.22. The highest BCUT2D eigenvalue weighted by Gasteiger charge is 2.22. The number of nitrogens with zero attached hydrogens (tertiary/aromatic N) is 3. The van der Waals surface area contributed by atoms with Crippen LogP contribution in [0.2, 0.25) is 0 Å². The van der Waals surface area contributed by atoms with Crippen LogP contribution >= 0.6 is 0 Å². The van der Waals surface area contributed by atoms with Gasteiger partial charge in [0.2, 0.25) is 5.91 Å². The molecule has 1 fully saturated rings. The van der Waals surface area contributed by atoms with Crippen molar-refractivity contribution in [3.8, 4) is 11.1 Å². The van der Waals surface area contributed by atoms with E-state index in [0.717, 1.165) is 54.5 Å². The summed E-state index contributed by atoms with van der Waals surface area (Å²) < 4.78 is 0. The van der Waals surface area contributed by atoms with Crippen molar-refractivity contribution < 1.29 is 4.79 Å². The molecule has 1 N–H and O–H groups in total. The molecule has 4 rings (SSSR count). The molecular weight excluding hydrogens is 324 g/mol. The molecule has 1 saturated heterocycles. The van der Waals surface area contributed by atoms with Gasteiger partial charge in [-0.2, -0.15) is 0 Å². The Balaban J connectivity index is 1.58. The Bertz CT molecular complexity index is 932. The molecule has 0 unspecified atom stereocenters. The monoisotopic (exact) mass is 346 g/mol. The van der Waals surface area contributed by atoms with Gasteiger partial charge in [-0.1, -0.05) is 12.6 Å². The van der Waals surface area contributed by atoms with Gasteiger partial charge < -0.3 is 9.88 Å². The second kappa shape index (κ2) is 7.12. The quantitative estimate of drug-likeness (QED) is 0.734. The molecule has 0 aliphatic carbocycles. The van der Waals surface area contributed by atoms with Gasteiger partial charge >= 0.3 is 0 Å². The lowest BCUT2D eigenvalue weighted by molar-refractivity contribution is -0.127. The van der Waals surface area contributed by atoms with Gasteiger partial charge in [0, 0.05) is 54.4 Å². The van der Waals surface area contributed by atoms with Crippen LogP contribution in [-0.4, -0.2) is 38.8 Å². The number of piperidine rings is 1. The first-order chi connectivity index (χ1) is 12.7. The van der Waals surface area contributed by atoms with Gasteiger partial charge in [0.1, 0.15) is 5.65 Å². The summed E-state index contributed by atoms with van der Waals surface area (Å²) in [4.78, 5) is 25.9. The Hall–Kier alpha value is -2.95. The highest BCUT2D eigenvalue weighted by Crippen LogP contribution is 2.29. The fraction of sp³-hybridized carbons (Fsp3) is 0.286. The average Bonchev–Trinajstić information content (AvgIpc) is 3.11. The smallest absolute Gasteiger partial charge is 0.245 e. The summed E-state index contributed by atoms with van der Waals surface area (Å²) in [5.41, 5.74) is 4.30. The van der Waals surface area contributed by atoms with Crippen molar-refractivity contribution in [1.29, 1.82) is 0 Å². The fourth-order valence-corrected chi connectivity index (χ4v) is 3.81. The standard InChI is InChI=1S/C21H22N4O/c1-2-20(26)25-8-4-5-15(14-25)9-16-10-18-19(13-24-21(18)23-11-16)17-6-3-7-22-12-17/h2-3,6-7,10-13,15H,1,4-5,8-9,14H2,(H,23,24)/t15-/m1/s1. The van der Waals surface area contributed by atoms with Gasteiger partial charge in [0.15, 0.2) is 0 Å². The summed E-state index contributed by atoms with van der Waals surface area (Å²) in [5.74, 6) is 0.500. The zero-order valence-electron chi connectivity index (χ0n) is 14.7. The van der Waals surface area contributed by atoms with E-state index in [1.807, 2.05) is 29.6 Å². The summed E-state index contributed by atoms with van der Waals surface area (Å²) in [5, 5.41) is 1.12. The Kier molecular flexibility index (Phi) is 4.52. The van der Waals surface area contributed by atoms with Gasteiger partial charge in [-0.25, -0.2) is 4.98 Å². The minimum absolute atomic E-state index is 0.0350. The number of carbonyl (C=O) groups is 1. The van der Waals surface area contributed by atoms with Crippen molar-refractivity contribution in [3.63, 3.8) is 0 Å². The van der Waals surface area contributed by atoms with E-state index in [-0.39, 0.29) is 5.91 Å². The molecule has 0 bridgehead atoms. The third-order valence-corrected chi connectivity index (χ3v) is 5.09. The topological polar surface area (TPSA) is 61.9 Å². The van der Waals surface area contributed by atoms with Crippen LogP contribution < -0.4 is 0 Å². The number of H-pyrrole nitrogens is 1. The second-order valence-corrected chi connectivity index (χ2v) is 6.88. The van der Waals surface area contributed by atoms with Crippen LogP contribution in [0.1, 0.15) is 18.4 Å². The number of aromatic amines is 1. The Morgan fingerprint density at radius 1 is 1.42 bits per heavy atom. The van der Waals surface area contributed by atoms with Crippen LogP contribution in [0.4, 0.5) is 0 Å². The Morgan fingerprint density at radius 2 is 2.35 bits per heavy atom. The predicted molar refractivity (Wildman–Crippen MR) is 103 cm³/mol. The van der Waals surface area contributed by atoms with Crippen LogP contribution in [0.5, 0.6) is 0 Å². The average molecular weight is 346 g/mol. The van der Waals surface area contributed by atoms with Crippen LogP contribution in [-0.2, 0) is 11.2 Å². The minimum atomic E-state index is 0.0350. The van der Waals surface area contributed by atoms with Gasteiger partial charge in [-0.05, 0) is 49.0 Å². The number of hydrogen-bond donors (Lipinski definition) is 1. The van der Waals surface area contributed by atoms with Crippen molar-refractivity contribution in [2.24, 2.45) is 5.92 Å². The molecular formula is C21H22N4O. The summed E-state index contributed by atoms with van der Waals surface area (Å²) in [6.07, 6.45) is 12.1. The molecule has 0 saturated carbocycles. The van der Waals surface area contributed by atoms with Crippen LogP contribution in [0.15, 0.2) is 55.6 Å². The van der Waals surface area contributed by atoms with E-state index in [0.29, 0.717) is 5.92 Å². The number of likely N-dealkylation sites (tertiary alicyclic amines) is 1. The first-order valence-corrected chi connectivity index (χ1v) is 9.02. The number of pyridine rings is 2. The van der Waals surface area contributed by atoms with Crippen LogP contribution in [0, 0.1) is 5.92 Å². The van der Waals surface area contributed by atoms with E-state index in [1.54, 1.807) is 6.20 Å². The molecule has 5 heteroatoms. The van der Waals surface area contributed by atoms with Gasteiger partial charge in [0.25, 0.3) is 0 Å². The maximum atomic E-state index is 11.9. The van der Waals surface area contributed by atoms with Crippen molar-refractivity contribution in [1.82, 2.24) is 19.9 Å². The molecule has 5 nitrogen and oxygen atoms in total. The number of rotatable bonds is 4. The van der Waals surface area contributed by atoms with Crippen molar-refractivity contribution in [2.45, 2.75) is 19.3 Å². The summed E-state index contributed by atoms with van der Waals surface area (Å²) in [6.45, 7) is 5.23. The summed E-state index contributed by atoms with van der Waals surface area (Å²) >= 11 is 0. The van der Waals surface area contributed by atoms with Crippen molar-refractivity contribution in [3.05, 3.63) is 61.2 Å². The van der Waals surface area contributed by atoms with E-state index < -0.39 is 0 Å². The first-order valence-electron chi connectivity index (χ1n) is 9.02. The molecule has 1 aliphatic rings. The lowest BCUT2D eigenvalue weighted by atomic mass is 9.91. The van der Waals surface area contributed by atoms with E-state index in [2.05, 4.69) is 33.7 Å². The molecule has 1 aliphatic heterocycles. The van der Waals surface area contributed by atoms with E-state index in [1.165, 1.54) is 11.6 Å². The molecule has 26 heavy (non-hydrogen) atoms. The fourth-order valence-electron chi connectivity index (χ4n) is 3.81. The maximum Gasteiger partial charge on any atom is 0.245 e. The van der Waals surface area contributed by atoms with Gasteiger partial charge in [0.05, 0.1) is 0 Å². The Morgan fingerprint density at radius 3 is 3.15 bits per heavy atom. The first kappa shape index (κ1) is 16.5. The third-order valence-electron chi connectivity index (χ3n) is 5.09. The lowest BCUT2D eigenvalue weighted by Gasteiger charge is -2.32. The number of nitrogens with one attached hydrogen (secondary N) is 1. The molecule has 3 aromatic heterocycles. The predicted octanol–water partition coefficient (Wildman–Crippen LogP) is 3.59. The normalized spacial score (nSPS) is 17.4.